The quantitative estimate of drug-likeness (QED) is 0.674. The molecule has 6 heteroatoms. The fraction of sp³-hybridized carbons (Fsp3) is 0.154. The van der Waals surface area contributed by atoms with Crippen molar-refractivity contribution >= 4 is 17.2 Å². The van der Waals surface area contributed by atoms with Crippen LogP contribution < -0.4 is 4.74 Å². The lowest BCUT2D eigenvalue weighted by molar-refractivity contribution is 0.416. The number of fused-ring (bicyclic) bond motifs is 1. The minimum absolute atomic E-state index is 0.406. The maximum Gasteiger partial charge on any atom is 0.173 e. The van der Waals surface area contributed by atoms with Gasteiger partial charge in [-0.2, -0.15) is 0 Å². The molecule has 0 amide bonds. The fourth-order valence-corrected chi connectivity index (χ4v) is 2.28. The molecule has 0 atom stereocenters. The summed E-state index contributed by atoms with van der Waals surface area (Å²) in [6.45, 7) is 1.86. The van der Waals surface area contributed by atoms with Crippen LogP contribution in [-0.2, 0) is 0 Å². The van der Waals surface area contributed by atoms with Gasteiger partial charge in [0.15, 0.2) is 11.5 Å². The van der Waals surface area contributed by atoms with Gasteiger partial charge in [-0.25, -0.2) is 4.98 Å². The predicted molar refractivity (Wildman–Crippen MR) is 72.5 cm³/mol. The van der Waals surface area contributed by atoms with Crippen LogP contribution in [0, 0.1) is 6.92 Å². The number of ether oxygens (including phenoxy) is 1. The first-order chi connectivity index (χ1) is 9.20. The summed E-state index contributed by atoms with van der Waals surface area (Å²) in [6, 6.07) is 9.34. The molecule has 0 fully saturated rings. The van der Waals surface area contributed by atoms with Crippen molar-refractivity contribution in [2.45, 2.75) is 6.92 Å². The number of aromatic nitrogens is 4. The maximum atomic E-state index is 5.92. The number of methoxy groups -OCH3 is 1. The van der Waals surface area contributed by atoms with Gasteiger partial charge < -0.3 is 4.74 Å². The predicted octanol–water partition coefficient (Wildman–Crippen LogP) is 2.76. The van der Waals surface area contributed by atoms with Crippen molar-refractivity contribution in [2.24, 2.45) is 0 Å². The zero-order valence-electron chi connectivity index (χ0n) is 10.5. The summed E-state index contributed by atoms with van der Waals surface area (Å²) in [5.74, 6) is 2.16. The van der Waals surface area contributed by atoms with Crippen molar-refractivity contribution in [1.29, 1.82) is 0 Å². The molecule has 5 nitrogen and oxygen atoms in total. The van der Waals surface area contributed by atoms with Gasteiger partial charge in [0.1, 0.15) is 16.7 Å². The summed E-state index contributed by atoms with van der Waals surface area (Å²) in [5.41, 5.74) is 1.53. The molecule has 1 aromatic carbocycles. The highest BCUT2D eigenvalue weighted by atomic mass is 35.5. The van der Waals surface area contributed by atoms with E-state index < -0.39 is 0 Å². The Labute approximate surface area is 114 Å². The lowest BCUT2D eigenvalue weighted by atomic mass is 10.2. The van der Waals surface area contributed by atoms with E-state index in [1.54, 1.807) is 13.2 Å². The molecule has 0 aliphatic rings. The Morgan fingerprint density at radius 1 is 1.21 bits per heavy atom. The van der Waals surface area contributed by atoms with Crippen LogP contribution in [0.15, 0.2) is 30.3 Å². The number of hydrogen-bond donors (Lipinski definition) is 0. The van der Waals surface area contributed by atoms with Crippen LogP contribution in [0.2, 0.25) is 5.15 Å². The highest BCUT2D eigenvalue weighted by Gasteiger charge is 2.14. The molecule has 0 saturated heterocycles. The van der Waals surface area contributed by atoms with Crippen molar-refractivity contribution in [3.05, 3.63) is 41.3 Å². The summed E-state index contributed by atoms with van der Waals surface area (Å²) < 4.78 is 7.20. The Hall–Kier alpha value is -2.14. The average molecular weight is 275 g/mol. The Bertz CT molecular complexity index is 753. The number of para-hydroxylation sites is 1. The number of halogens is 1. The monoisotopic (exact) mass is 274 g/mol. The summed E-state index contributed by atoms with van der Waals surface area (Å²) >= 11 is 5.92. The Morgan fingerprint density at radius 2 is 2.00 bits per heavy atom. The van der Waals surface area contributed by atoms with Crippen LogP contribution >= 0.6 is 11.6 Å². The van der Waals surface area contributed by atoms with Crippen LogP contribution in [-0.4, -0.2) is 26.7 Å². The van der Waals surface area contributed by atoms with E-state index in [2.05, 4.69) is 15.2 Å². The van der Waals surface area contributed by atoms with Gasteiger partial charge in [-0.05, 0) is 19.1 Å². The molecule has 19 heavy (non-hydrogen) atoms. The fourth-order valence-electron chi connectivity index (χ4n) is 2.06. The van der Waals surface area contributed by atoms with Gasteiger partial charge in [0.05, 0.1) is 12.7 Å². The second kappa shape index (κ2) is 4.51. The number of aryl methyl sites for hydroxylation is 1. The van der Waals surface area contributed by atoms with E-state index in [-0.39, 0.29) is 0 Å². The summed E-state index contributed by atoms with van der Waals surface area (Å²) in [6.07, 6.45) is 0. The molecule has 0 spiro atoms. The summed E-state index contributed by atoms with van der Waals surface area (Å²) in [4.78, 5) is 4.22. The Kier molecular flexibility index (Phi) is 2.83. The van der Waals surface area contributed by atoms with Crippen LogP contribution in [0.4, 0.5) is 0 Å². The summed E-state index contributed by atoms with van der Waals surface area (Å²) in [7, 11) is 1.63. The second-order valence-electron chi connectivity index (χ2n) is 4.04. The molecule has 0 saturated carbocycles. The molecular formula is C13H11ClN4O. The summed E-state index contributed by atoms with van der Waals surface area (Å²) in [5, 5.41) is 8.74. The maximum absolute atomic E-state index is 5.92. The molecule has 96 valence electrons. The third-order valence-electron chi connectivity index (χ3n) is 2.88. The van der Waals surface area contributed by atoms with E-state index in [1.165, 1.54) is 0 Å². The topological polar surface area (TPSA) is 52.3 Å². The van der Waals surface area contributed by atoms with Gasteiger partial charge >= 0.3 is 0 Å². The van der Waals surface area contributed by atoms with Crippen molar-refractivity contribution in [1.82, 2.24) is 19.6 Å². The molecule has 0 aliphatic heterocycles. The second-order valence-corrected chi connectivity index (χ2v) is 4.43. The van der Waals surface area contributed by atoms with E-state index in [4.69, 9.17) is 16.3 Å². The first-order valence-corrected chi connectivity index (χ1v) is 6.10. The molecule has 2 aromatic heterocycles. The van der Waals surface area contributed by atoms with Crippen LogP contribution in [0.25, 0.3) is 17.0 Å². The van der Waals surface area contributed by atoms with Gasteiger partial charge in [0.2, 0.25) is 0 Å². The van der Waals surface area contributed by atoms with Crippen molar-refractivity contribution in [3.8, 4) is 17.1 Å². The van der Waals surface area contributed by atoms with Gasteiger partial charge in [-0.1, -0.05) is 23.7 Å². The van der Waals surface area contributed by atoms with E-state index in [0.29, 0.717) is 16.6 Å². The third-order valence-corrected chi connectivity index (χ3v) is 3.07. The molecular weight excluding hydrogens is 264 g/mol. The number of nitrogens with zero attached hydrogens (tertiary/aromatic N) is 4. The molecule has 0 unspecified atom stereocenters. The molecule has 0 radical (unpaired) electrons. The first kappa shape index (κ1) is 11.9. The standard InChI is InChI=1S/C13H11ClN4O/c1-8-15-11(14)7-12-16-17-13(18(8)12)9-5-3-4-6-10(9)19-2/h3-7H,1-2H3. The Balaban J connectivity index is 2.32. The van der Waals surface area contributed by atoms with Gasteiger partial charge in [0.25, 0.3) is 0 Å². The van der Waals surface area contributed by atoms with E-state index >= 15 is 0 Å². The van der Waals surface area contributed by atoms with Crippen LogP contribution in [0.1, 0.15) is 5.82 Å². The Morgan fingerprint density at radius 3 is 2.79 bits per heavy atom. The van der Waals surface area contributed by atoms with Crippen molar-refractivity contribution < 1.29 is 4.74 Å². The molecule has 3 aromatic rings. The molecule has 2 heterocycles. The van der Waals surface area contributed by atoms with E-state index in [0.717, 1.165) is 17.1 Å². The highest BCUT2D eigenvalue weighted by Crippen LogP contribution is 2.29. The number of rotatable bonds is 2. The van der Waals surface area contributed by atoms with E-state index in [9.17, 15) is 0 Å². The van der Waals surface area contributed by atoms with Gasteiger partial charge in [0, 0.05) is 6.07 Å². The van der Waals surface area contributed by atoms with E-state index in [1.807, 2.05) is 35.6 Å². The smallest absolute Gasteiger partial charge is 0.173 e. The first-order valence-electron chi connectivity index (χ1n) is 5.72. The number of benzene rings is 1. The minimum atomic E-state index is 0.406. The van der Waals surface area contributed by atoms with Crippen molar-refractivity contribution in [2.75, 3.05) is 7.11 Å². The minimum Gasteiger partial charge on any atom is -0.496 e. The van der Waals surface area contributed by atoms with Crippen LogP contribution in [0.5, 0.6) is 5.75 Å². The van der Waals surface area contributed by atoms with Gasteiger partial charge in [-0.15, -0.1) is 10.2 Å². The zero-order chi connectivity index (χ0) is 13.4. The normalized spacial score (nSPS) is 10.9. The average Bonchev–Trinajstić information content (AvgIpc) is 2.82. The highest BCUT2D eigenvalue weighted by molar-refractivity contribution is 6.29. The SMILES string of the molecule is COc1ccccc1-c1nnc2cc(Cl)nc(C)n12. The molecule has 0 N–H and O–H groups in total. The van der Waals surface area contributed by atoms with Crippen LogP contribution in [0.3, 0.4) is 0 Å². The number of hydrogen-bond acceptors (Lipinski definition) is 4. The zero-order valence-corrected chi connectivity index (χ0v) is 11.2. The van der Waals surface area contributed by atoms with Gasteiger partial charge in [-0.3, -0.25) is 4.40 Å². The molecule has 3 rings (SSSR count). The molecule has 0 bridgehead atoms. The lowest BCUT2D eigenvalue weighted by Gasteiger charge is -2.07. The largest absolute Gasteiger partial charge is 0.496 e. The molecule has 0 aliphatic carbocycles. The lowest BCUT2D eigenvalue weighted by Crippen LogP contribution is -1.99. The van der Waals surface area contributed by atoms with Crippen molar-refractivity contribution in [3.63, 3.8) is 0 Å². The third kappa shape index (κ3) is 1.92.